The molecular weight excluding hydrogens is 318 g/mol. The number of ether oxygens (including phenoxy) is 1. The van der Waals surface area contributed by atoms with Crippen LogP contribution in [0.15, 0.2) is 24.3 Å². The van der Waals surface area contributed by atoms with Crippen molar-refractivity contribution in [2.75, 3.05) is 32.1 Å². The highest BCUT2D eigenvalue weighted by molar-refractivity contribution is 5.90. The van der Waals surface area contributed by atoms with E-state index in [1.54, 1.807) is 36.3 Å². The zero-order valence-electron chi connectivity index (χ0n) is 14.7. The minimum absolute atomic E-state index is 0.0314. The molecule has 6 heteroatoms. The van der Waals surface area contributed by atoms with Gasteiger partial charge in [0, 0.05) is 37.5 Å². The van der Waals surface area contributed by atoms with Crippen LogP contribution in [0.2, 0.25) is 0 Å². The second kappa shape index (κ2) is 9.09. The third-order valence-corrected chi connectivity index (χ3v) is 4.40. The number of carbonyl (C=O) groups excluding carboxylic acids is 2. The average Bonchev–Trinajstić information content (AvgIpc) is 2.62. The Morgan fingerprint density at radius 3 is 2.92 bits per heavy atom. The second-order valence-electron chi connectivity index (χ2n) is 6.21. The maximum absolute atomic E-state index is 12.6. The molecular formula is C19H25N3O3. The summed E-state index contributed by atoms with van der Waals surface area (Å²) in [5, 5.41) is 5.72. The molecule has 0 aromatic heterocycles. The highest BCUT2D eigenvalue weighted by atomic mass is 16.5. The van der Waals surface area contributed by atoms with Gasteiger partial charge in [-0.25, -0.2) is 4.79 Å². The van der Waals surface area contributed by atoms with Gasteiger partial charge in [0.1, 0.15) is 0 Å². The van der Waals surface area contributed by atoms with Crippen molar-refractivity contribution in [3.05, 3.63) is 29.8 Å². The standard InChI is InChI=1S/C19H25N3O3/c1-4-15-6-5-7-17(12-15)21-19(24)22-13-16(9-8-14(22)2)18(23)20-10-11-25-3/h1,5-7,12,14,16H,8-11,13H2,2-3H3,(H,20,23)(H,21,24). The van der Waals surface area contributed by atoms with E-state index in [0.717, 1.165) is 12.8 Å². The highest BCUT2D eigenvalue weighted by Crippen LogP contribution is 2.23. The van der Waals surface area contributed by atoms with Crippen molar-refractivity contribution in [2.45, 2.75) is 25.8 Å². The van der Waals surface area contributed by atoms with Crippen LogP contribution >= 0.6 is 0 Å². The van der Waals surface area contributed by atoms with E-state index < -0.39 is 0 Å². The van der Waals surface area contributed by atoms with Gasteiger partial charge in [0.05, 0.1) is 12.5 Å². The van der Waals surface area contributed by atoms with Crippen molar-refractivity contribution in [3.8, 4) is 12.3 Å². The quantitative estimate of drug-likeness (QED) is 0.635. The summed E-state index contributed by atoms with van der Waals surface area (Å²) in [6.07, 6.45) is 6.96. The number of likely N-dealkylation sites (tertiary alicyclic amines) is 1. The normalized spacial score (nSPS) is 19.8. The molecule has 134 valence electrons. The molecule has 1 fully saturated rings. The Labute approximate surface area is 148 Å². The second-order valence-corrected chi connectivity index (χ2v) is 6.21. The lowest BCUT2D eigenvalue weighted by atomic mass is 9.93. The van der Waals surface area contributed by atoms with Crippen LogP contribution in [0.4, 0.5) is 10.5 Å². The van der Waals surface area contributed by atoms with Crippen molar-refractivity contribution in [2.24, 2.45) is 5.92 Å². The van der Waals surface area contributed by atoms with E-state index in [1.807, 2.05) is 6.92 Å². The van der Waals surface area contributed by atoms with Crippen molar-refractivity contribution in [3.63, 3.8) is 0 Å². The Morgan fingerprint density at radius 2 is 2.20 bits per heavy atom. The van der Waals surface area contributed by atoms with Crippen LogP contribution in [0, 0.1) is 18.3 Å². The number of urea groups is 1. The smallest absolute Gasteiger partial charge is 0.322 e. The van der Waals surface area contributed by atoms with E-state index in [1.165, 1.54) is 0 Å². The van der Waals surface area contributed by atoms with Crippen LogP contribution in [0.1, 0.15) is 25.3 Å². The summed E-state index contributed by atoms with van der Waals surface area (Å²) in [5.74, 6) is 2.32. The Hall–Kier alpha value is -2.52. The monoisotopic (exact) mass is 343 g/mol. The van der Waals surface area contributed by atoms with Crippen LogP contribution in [0.25, 0.3) is 0 Å². The van der Waals surface area contributed by atoms with Gasteiger partial charge >= 0.3 is 6.03 Å². The van der Waals surface area contributed by atoms with Gasteiger partial charge in [-0.1, -0.05) is 12.0 Å². The fourth-order valence-electron chi connectivity index (χ4n) is 2.91. The molecule has 1 aromatic rings. The zero-order valence-corrected chi connectivity index (χ0v) is 14.7. The summed E-state index contributed by atoms with van der Waals surface area (Å²) in [5.41, 5.74) is 1.36. The number of terminal acetylenes is 1. The summed E-state index contributed by atoms with van der Waals surface area (Å²) in [6.45, 7) is 3.36. The van der Waals surface area contributed by atoms with Gasteiger partial charge in [0.15, 0.2) is 0 Å². The lowest BCUT2D eigenvalue weighted by Gasteiger charge is -2.37. The largest absolute Gasteiger partial charge is 0.383 e. The first kappa shape index (κ1) is 18.8. The summed E-state index contributed by atoms with van der Waals surface area (Å²) in [4.78, 5) is 26.6. The number of hydrogen-bond donors (Lipinski definition) is 2. The Balaban J connectivity index is 1.97. The number of anilines is 1. The molecule has 2 atom stereocenters. The van der Waals surface area contributed by atoms with Gasteiger partial charge < -0.3 is 20.3 Å². The van der Waals surface area contributed by atoms with Crippen LogP contribution in [-0.2, 0) is 9.53 Å². The molecule has 1 aromatic carbocycles. The average molecular weight is 343 g/mol. The van der Waals surface area contributed by atoms with Crippen LogP contribution in [-0.4, -0.2) is 49.7 Å². The number of piperidine rings is 1. The molecule has 0 bridgehead atoms. The first-order valence-electron chi connectivity index (χ1n) is 8.46. The zero-order chi connectivity index (χ0) is 18.2. The van der Waals surface area contributed by atoms with E-state index in [0.29, 0.717) is 30.9 Å². The first-order valence-corrected chi connectivity index (χ1v) is 8.46. The van der Waals surface area contributed by atoms with E-state index in [-0.39, 0.29) is 23.9 Å². The van der Waals surface area contributed by atoms with Gasteiger partial charge in [-0.05, 0) is 38.0 Å². The predicted octanol–water partition coefficient (Wildman–Crippen LogP) is 2.06. The van der Waals surface area contributed by atoms with Crippen LogP contribution in [0.5, 0.6) is 0 Å². The predicted molar refractivity (Wildman–Crippen MR) is 97.2 cm³/mol. The topological polar surface area (TPSA) is 70.7 Å². The molecule has 1 aliphatic rings. The maximum atomic E-state index is 12.6. The maximum Gasteiger partial charge on any atom is 0.322 e. The minimum atomic E-state index is -0.212. The molecule has 2 rings (SSSR count). The van der Waals surface area contributed by atoms with Crippen molar-refractivity contribution >= 4 is 17.6 Å². The molecule has 1 heterocycles. The molecule has 6 nitrogen and oxygen atoms in total. The van der Waals surface area contributed by atoms with Crippen molar-refractivity contribution in [1.29, 1.82) is 0 Å². The number of nitrogens with zero attached hydrogens (tertiary/aromatic N) is 1. The molecule has 0 radical (unpaired) electrons. The fourth-order valence-corrected chi connectivity index (χ4v) is 2.91. The molecule has 1 aliphatic heterocycles. The van der Waals surface area contributed by atoms with Gasteiger partial charge in [0.2, 0.25) is 5.91 Å². The Kier molecular flexibility index (Phi) is 6.84. The number of methoxy groups -OCH3 is 1. The van der Waals surface area contributed by atoms with Gasteiger partial charge in [0.25, 0.3) is 0 Å². The minimum Gasteiger partial charge on any atom is -0.383 e. The van der Waals surface area contributed by atoms with E-state index in [2.05, 4.69) is 16.6 Å². The summed E-state index contributed by atoms with van der Waals surface area (Å²) in [7, 11) is 1.59. The van der Waals surface area contributed by atoms with Gasteiger partial charge in [-0.15, -0.1) is 6.42 Å². The van der Waals surface area contributed by atoms with E-state index in [4.69, 9.17) is 11.2 Å². The fraction of sp³-hybridized carbons (Fsp3) is 0.474. The summed E-state index contributed by atoms with van der Waals surface area (Å²) in [6, 6.07) is 7.02. The summed E-state index contributed by atoms with van der Waals surface area (Å²) < 4.78 is 4.94. The SMILES string of the molecule is C#Cc1cccc(NC(=O)N2CC(C(=O)NCCOC)CCC2C)c1. The molecule has 3 amide bonds. The van der Waals surface area contributed by atoms with Crippen molar-refractivity contribution < 1.29 is 14.3 Å². The first-order chi connectivity index (χ1) is 12.0. The van der Waals surface area contributed by atoms with Gasteiger partial charge in [-0.3, -0.25) is 4.79 Å². The molecule has 0 aliphatic carbocycles. The molecule has 2 unspecified atom stereocenters. The lowest BCUT2D eigenvalue weighted by Crippen LogP contribution is -2.51. The van der Waals surface area contributed by atoms with E-state index >= 15 is 0 Å². The number of amides is 3. The molecule has 0 saturated carbocycles. The number of rotatable bonds is 5. The number of benzene rings is 1. The van der Waals surface area contributed by atoms with Crippen LogP contribution in [0.3, 0.4) is 0 Å². The Bertz CT molecular complexity index is 654. The number of hydrogen-bond acceptors (Lipinski definition) is 3. The molecule has 1 saturated heterocycles. The molecule has 2 N–H and O–H groups in total. The third-order valence-electron chi connectivity index (χ3n) is 4.40. The van der Waals surface area contributed by atoms with E-state index in [9.17, 15) is 9.59 Å². The molecule has 25 heavy (non-hydrogen) atoms. The summed E-state index contributed by atoms with van der Waals surface area (Å²) >= 11 is 0. The Morgan fingerprint density at radius 1 is 1.40 bits per heavy atom. The van der Waals surface area contributed by atoms with Gasteiger partial charge in [-0.2, -0.15) is 0 Å². The highest BCUT2D eigenvalue weighted by Gasteiger charge is 2.32. The lowest BCUT2D eigenvalue weighted by molar-refractivity contribution is -0.126. The third kappa shape index (κ3) is 5.23. The number of nitrogens with one attached hydrogen (secondary N) is 2. The van der Waals surface area contributed by atoms with Crippen LogP contribution < -0.4 is 10.6 Å². The van der Waals surface area contributed by atoms with Crippen molar-refractivity contribution in [1.82, 2.24) is 10.2 Å². The number of carbonyl (C=O) groups is 2. The molecule has 0 spiro atoms.